The minimum atomic E-state index is -0.183. The Labute approximate surface area is 126 Å². The van der Waals surface area contributed by atoms with Gasteiger partial charge >= 0.3 is 0 Å². The fourth-order valence-corrected chi connectivity index (χ4v) is 2.82. The Bertz CT molecular complexity index is 749. The summed E-state index contributed by atoms with van der Waals surface area (Å²) in [7, 11) is 1.61. The average molecular weight is 301 g/mol. The number of pyridine rings is 1. The van der Waals surface area contributed by atoms with Gasteiger partial charge in [-0.25, -0.2) is 4.98 Å². The number of aromatic nitrogens is 2. The molecule has 5 nitrogen and oxygen atoms in total. The molecule has 0 saturated heterocycles. The number of imidazole rings is 1. The molecule has 0 bridgehead atoms. The first-order valence-electron chi connectivity index (χ1n) is 6.58. The Kier molecular flexibility index (Phi) is 3.98. The first-order chi connectivity index (χ1) is 10.3. The number of carbonyl (C=O) groups is 1. The van der Waals surface area contributed by atoms with Gasteiger partial charge in [0, 0.05) is 30.8 Å². The monoisotopic (exact) mass is 301 g/mol. The molecule has 0 spiro atoms. The first-order valence-corrected chi connectivity index (χ1v) is 7.52. The Morgan fingerprint density at radius 2 is 2.33 bits per heavy atom. The molecule has 0 radical (unpaired) electrons. The van der Waals surface area contributed by atoms with Gasteiger partial charge < -0.3 is 10.1 Å². The third kappa shape index (κ3) is 2.68. The number of ether oxygens (including phenoxy) is 1. The Morgan fingerprint density at radius 3 is 3.10 bits per heavy atom. The molecular formula is C15H15N3O2S. The van der Waals surface area contributed by atoms with Crippen molar-refractivity contribution < 1.29 is 9.53 Å². The van der Waals surface area contributed by atoms with Crippen LogP contribution < -0.4 is 5.32 Å². The van der Waals surface area contributed by atoms with E-state index in [0.717, 1.165) is 16.9 Å². The van der Waals surface area contributed by atoms with E-state index in [1.807, 2.05) is 45.6 Å². The number of hydrogen-bond donors (Lipinski definition) is 1. The van der Waals surface area contributed by atoms with E-state index >= 15 is 0 Å². The quantitative estimate of drug-likeness (QED) is 0.736. The highest BCUT2D eigenvalue weighted by Gasteiger charge is 2.19. The van der Waals surface area contributed by atoms with Gasteiger partial charge in [-0.15, -0.1) is 0 Å². The van der Waals surface area contributed by atoms with E-state index in [4.69, 9.17) is 4.74 Å². The predicted octanol–water partition coefficient (Wildman–Crippen LogP) is 2.44. The zero-order valence-corrected chi connectivity index (χ0v) is 12.4. The smallest absolute Gasteiger partial charge is 0.272 e. The van der Waals surface area contributed by atoms with Crippen LogP contribution in [0.3, 0.4) is 0 Å². The molecule has 6 heteroatoms. The van der Waals surface area contributed by atoms with Crippen LogP contribution >= 0.6 is 11.3 Å². The van der Waals surface area contributed by atoms with Crippen LogP contribution in [0, 0.1) is 0 Å². The number of nitrogens with one attached hydrogen (secondary N) is 1. The second-order valence-electron chi connectivity index (χ2n) is 4.50. The van der Waals surface area contributed by atoms with E-state index in [0.29, 0.717) is 18.8 Å². The summed E-state index contributed by atoms with van der Waals surface area (Å²) >= 11 is 1.60. The second-order valence-corrected chi connectivity index (χ2v) is 5.28. The highest BCUT2D eigenvalue weighted by molar-refractivity contribution is 7.08. The standard InChI is InChI=1S/C15H15N3O2S/c1-20-8-6-16-15(19)13-14(11-5-9-21-10-11)18-7-3-2-4-12(18)17-13/h2-5,7,9-10H,6,8H2,1H3,(H,16,19). The highest BCUT2D eigenvalue weighted by atomic mass is 32.1. The summed E-state index contributed by atoms with van der Waals surface area (Å²) in [6.07, 6.45) is 1.92. The summed E-state index contributed by atoms with van der Waals surface area (Å²) in [6.45, 7) is 0.944. The number of hydrogen-bond acceptors (Lipinski definition) is 4. The van der Waals surface area contributed by atoms with Crippen LogP contribution in [0.4, 0.5) is 0 Å². The lowest BCUT2D eigenvalue weighted by molar-refractivity contribution is 0.0933. The van der Waals surface area contributed by atoms with Crippen LogP contribution in [0.25, 0.3) is 16.9 Å². The molecule has 3 aromatic rings. The maximum atomic E-state index is 12.4. The van der Waals surface area contributed by atoms with E-state index in [2.05, 4.69) is 10.3 Å². The topological polar surface area (TPSA) is 55.6 Å². The van der Waals surface area contributed by atoms with Crippen molar-refractivity contribution >= 4 is 22.9 Å². The van der Waals surface area contributed by atoms with E-state index in [1.54, 1.807) is 18.4 Å². The van der Waals surface area contributed by atoms with E-state index in [-0.39, 0.29) is 5.91 Å². The lowest BCUT2D eigenvalue weighted by Gasteiger charge is -2.05. The molecule has 21 heavy (non-hydrogen) atoms. The number of amides is 1. The maximum absolute atomic E-state index is 12.4. The van der Waals surface area contributed by atoms with Crippen LogP contribution in [0.5, 0.6) is 0 Å². The molecule has 0 atom stereocenters. The van der Waals surface area contributed by atoms with E-state index in [9.17, 15) is 4.79 Å². The van der Waals surface area contributed by atoms with Gasteiger partial charge in [-0.05, 0) is 23.6 Å². The predicted molar refractivity (Wildman–Crippen MR) is 82.7 cm³/mol. The van der Waals surface area contributed by atoms with Gasteiger partial charge in [-0.1, -0.05) is 6.07 Å². The van der Waals surface area contributed by atoms with Crippen LogP contribution in [-0.2, 0) is 4.74 Å². The van der Waals surface area contributed by atoms with Crippen LogP contribution in [0.15, 0.2) is 41.2 Å². The van der Waals surface area contributed by atoms with Crippen molar-refractivity contribution in [3.63, 3.8) is 0 Å². The summed E-state index contributed by atoms with van der Waals surface area (Å²) in [6, 6.07) is 7.72. The van der Waals surface area contributed by atoms with Crippen molar-refractivity contribution in [3.8, 4) is 11.3 Å². The third-order valence-electron chi connectivity index (χ3n) is 3.13. The molecule has 3 aromatic heterocycles. The largest absolute Gasteiger partial charge is 0.383 e. The van der Waals surface area contributed by atoms with Gasteiger partial charge in [0.05, 0.1) is 12.3 Å². The van der Waals surface area contributed by atoms with Crippen LogP contribution in [0.2, 0.25) is 0 Å². The molecule has 0 aromatic carbocycles. The third-order valence-corrected chi connectivity index (χ3v) is 3.81. The zero-order valence-electron chi connectivity index (χ0n) is 11.6. The Balaban J connectivity index is 2.05. The number of methoxy groups -OCH3 is 1. The Morgan fingerprint density at radius 1 is 1.43 bits per heavy atom. The number of fused-ring (bicyclic) bond motifs is 1. The van der Waals surface area contributed by atoms with Gasteiger partial charge in [-0.3, -0.25) is 9.20 Å². The summed E-state index contributed by atoms with van der Waals surface area (Å²) in [5, 5.41) is 6.83. The SMILES string of the molecule is COCCNC(=O)c1nc2ccccn2c1-c1ccsc1. The summed E-state index contributed by atoms with van der Waals surface area (Å²) in [5.74, 6) is -0.183. The number of carbonyl (C=O) groups excluding carboxylic acids is 1. The number of nitrogens with zero attached hydrogens (tertiary/aromatic N) is 2. The molecule has 0 unspecified atom stereocenters. The fraction of sp³-hybridized carbons (Fsp3) is 0.200. The molecule has 0 aliphatic heterocycles. The van der Waals surface area contributed by atoms with Crippen molar-refractivity contribution in [3.05, 3.63) is 46.9 Å². The van der Waals surface area contributed by atoms with E-state index in [1.165, 1.54) is 0 Å². The molecule has 0 saturated carbocycles. The minimum absolute atomic E-state index is 0.183. The molecule has 108 valence electrons. The van der Waals surface area contributed by atoms with E-state index < -0.39 is 0 Å². The van der Waals surface area contributed by atoms with Crippen molar-refractivity contribution in [1.29, 1.82) is 0 Å². The minimum Gasteiger partial charge on any atom is -0.383 e. The van der Waals surface area contributed by atoms with Crippen molar-refractivity contribution in [1.82, 2.24) is 14.7 Å². The lowest BCUT2D eigenvalue weighted by Crippen LogP contribution is -2.27. The normalized spacial score (nSPS) is 10.9. The summed E-state index contributed by atoms with van der Waals surface area (Å²) in [4.78, 5) is 16.8. The molecule has 3 heterocycles. The first kappa shape index (κ1) is 13.8. The van der Waals surface area contributed by atoms with Crippen LogP contribution in [0.1, 0.15) is 10.5 Å². The van der Waals surface area contributed by atoms with Crippen molar-refractivity contribution in [2.75, 3.05) is 20.3 Å². The van der Waals surface area contributed by atoms with Gasteiger partial charge in [-0.2, -0.15) is 11.3 Å². The molecule has 0 fully saturated rings. The summed E-state index contributed by atoms with van der Waals surface area (Å²) in [5.41, 5.74) is 3.02. The van der Waals surface area contributed by atoms with Crippen LogP contribution in [-0.4, -0.2) is 35.6 Å². The number of rotatable bonds is 5. The summed E-state index contributed by atoms with van der Waals surface area (Å²) < 4.78 is 6.89. The average Bonchev–Trinajstić information content (AvgIpc) is 3.14. The Hall–Kier alpha value is -2.18. The maximum Gasteiger partial charge on any atom is 0.272 e. The van der Waals surface area contributed by atoms with Gasteiger partial charge in [0.15, 0.2) is 5.69 Å². The fourth-order valence-electron chi connectivity index (χ4n) is 2.18. The van der Waals surface area contributed by atoms with Crippen molar-refractivity contribution in [2.24, 2.45) is 0 Å². The van der Waals surface area contributed by atoms with Gasteiger partial charge in [0.2, 0.25) is 0 Å². The zero-order chi connectivity index (χ0) is 14.7. The molecular weight excluding hydrogens is 286 g/mol. The molecule has 0 aliphatic rings. The molecule has 1 N–H and O–H groups in total. The second kappa shape index (κ2) is 6.07. The van der Waals surface area contributed by atoms with Gasteiger partial charge in [0.25, 0.3) is 5.91 Å². The number of thiophene rings is 1. The molecule has 0 aliphatic carbocycles. The molecule has 1 amide bonds. The van der Waals surface area contributed by atoms with Gasteiger partial charge in [0.1, 0.15) is 5.65 Å². The lowest BCUT2D eigenvalue weighted by atomic mass is 10.2. The van der Waals surface area contributed by atoms with Crippen molar-refractivity contribution in [2.45, 2.75) is 0 Å². The molecule has 3 rings (SSSR count). The highest BCUT2D eigenvalue weighted by Crippen LogP contribution is 2.27.